The minimum absolute atomic E-state index is 0.0408. The highest BCUT2D eigenvalue weighted by Gasteiger charge is 2.24. The van der Waals surface area contributed by atoms with Crippen LogP contribution in [0, 0.1) is 0 Å². The number of aliphatic hydroxyl groups is 2. The van der Waals surface area contributed by atoms with Gasteiger partial charge in [0.15, 0.2) is 0 Å². The third-order valence-corrected chi connectivity index (χ3v) is 12.1. The monoisotopic (exact) mass is 894 g/mol. The van der Waals surface area contributed by atoms with Crippen LogP contribution in [0.1, 0.15) is 258 Å². The number of esters is 1. The topological polar surface area (TPSA) is 95.9 Å². The molecule has 3 unspecified atom stereocenters. The summed E-state index contributed by atoms with van der Waals surface area (Å²) >= 11 is 0. The molecule has 0 bridgehead atoms. The third-order valence-electron chi connectivity index (χ3n) is 12.1. The minimum Gasteiger partial charge on any atom is -0.462 e. The summed E-state index contributed by atoms with van der Waals surface area (Å²) in [5, 5.41) is 23.8. The smallest absolute Gasteiger partial charge is 0.306 e. The first kappa shape index (κ1) is 61.3. The fourth-order valence-electron chi connectivity index (χ4n) is 7.98. The normalized spacial score (nSPS) is 13.8. The summed E-state index contributed by atoms with van der Waals surface area (Å²) in [5.74, 6) is -0.535. The van der Waals surface area contributed by atoms with Crippen LogP contribution in [0.2, 0.25) is 0 Å². The van der Waals surface area contributed by atoms with Gasteiger partial charge in [-0.05, 0) is 83.5 Å². The van der Waals surface area contributed by atoms with E-state index >= 15 is 0 Å². The summed E-state index contributed by atoms with van der Waals surface area (Å²) in [4.78, 5) is 26.2. The summed E-state index contributed by atoms with van der Waals surface area (Å²) in [5.41, 5.74) is 0. The Bertz CT molecular complexity index is 1190. The summed E-state index contributed by atoms with van der Waals surface area (Å²) in [6.07, 6.45) is 65.4. The molecule has 370 valence electrons. The molecule has 3 N–H and O–H groups in total. The maximum absolute atomic E-state index is 13.2. The lowest BCUT2D eigenvalue weighted by atomic mass is 10.0. The molecule has 1 amide bonds. The zero-order valence-electron chi connectivity index (χ0n) is 42.1. The van der Waals surface area contributed by atoms with Gasteiger partial charge >= 0.3 is 5.97 Å². The number of carbonyl (C=O) groups excluding carboxylic acids is 2. The molecule has 0 rings (SSSR count). The van der Waals surface area contributed by atoms with Gasteiger partial charge in [0.25, 0.3) is 0 Å². The first-order valence-electron chi connectivity index (χ1n) is 27.2. The second-order valence-corrected chi connectivity index (χ2v) is 18.3. The number of aliphatic hydroxyl groups excluding tert-OH is 2. The minimum atomic E-state index is -0.804. The van der Waals surface area contributed by atoms with Crippen LogP contribution in [0.4, 0.5) is 0 Å². The van der Waals surface area contributed by atoms with Crippen molar-refractivity contribution in [2.75, 3.05) is 6.61 Å². The molecule has 0 aromatic carbocycles. The van der Waals surface area contributed by atoms with E-state index in [1.165, 1.54) is 116 Å². The summed E-state index contributed by atoms with van der Waals surface area (Å²) in [6.45, 7) is 6.35. The van der Waals surface area contributed by atoms with Gasteiger partial charge in [0.2, 0.25) is 5.91 Å². The molecule has 0 heterocycles. The molecule has 0 aromatic rings. The zero-order valence-corrected chi connectivity index (χ0v) is 42.1. The van der Waals surface area contributed by atoms with Gasteiger partial charge in [-0.2, -0.15) is 0 Å². The van der Waals surface area contributed by atoms with Gasteiger partial charge in [-0.1, -0.05) is 235 Å². The molecule has 64 heavy (non-hydrogen) atoms. The first-order chi connectivity index (χ1) is 31.5. The van der Waals surface area contributed by atoms with Crippen LogP contribution in [0.15, 0.2) is 72.9 Å². The fraction of sp³-hybridized carbons (Fsp3) is 0.759. The SMILES string of the molecule is CC/C=C/C/C=C/C/C=C/CCCCC(CC(=O)NC(CO)C(O)CCCCCCCCCCCCCCCCC)OC(=O)CCCCCCC/C=C/C=C/C=C/CCCCCCC. The molecule has 0 aliphatic carbocycles. The summed E-state index contributed by atoms with van der Waals surface area (Å²) < 4.78 is 5.91. The van der Waals surface area contributed by atoms with Crippen LogP contribution in [0.25, 0.3) is 0 Å². The lowest BCUT2D eigenvalue weighted by Gasteiger charge is -2.24. The number of rotatable bonds is 48. The number of carbonyl (C=O) groups is 2. The number of allylic oxidation sites excluding steroid dienone is 12. The Hall–Kier alpha value is -2.70. The van der Waals surface area contributed by atoms with E-state index in [1.807, 2.05) is 0 Å². The maximum atomic E-state index is 13.2. The molecule has 0 spiro atoms. The van der Waals surface area contributed by atoms with Gasteiger partial charge in [-0.25, -0.2) is 0 Å². The highest BCUT2D eigenvalue weighted by atomic mass is 16.5. The molecule has 0 aliphatic rings. The molecular formula is C58H103NO5. The molecule has 0 saturated carbocycles. The van der Waals surface area contributed by atoms with Crippen molar-refractivity contribution in [2.24, 2.45) is 0 Å². The van der Waals surface area contributed by atoms with Crippen LogP contribution in [0.5, 0.6) is 0 Å². The number of nitrogens with one attached hydrogen (secondary N) is 1. The van der Waals surface area contributed by atoms with Gasteiger partial charge in [0.1, 0.15) is 6.10 Å². The van der Waals surface area contributed by atoms with Crippen molar-refractivity contribution >= 4 is 11.9 Å². The van der Waals surface area contributed by atoms with Crippen LogP contribution >= 0.6 is 0 Å². The second kappa shape index (κ2) is 51.3. The Morgan fingerprint density at radius 2 is 0.906 bits per heavy atom. The highest BCUT2D eigenvalue weighted by Crippen LogP contribution is 2.17. The molecule has 0 aromatic heterocycles. The van der Waals surface area contributed by atoms with E-state index in [4.69, 9.17) is 4.74 Å². The molecule has 6 heteroatoms. The number of ether oxygens (including phenoxy) is 1. The quantitative estimate of drug-likeness (QED) is 0.0245. The molecule has 3 atom stereocenters. The Morgan fingerprint density at radius 1 is 0.484 bits per heavy atom. The number of amides is 1. The van der Waals surface area contributed by atoms with E-state index in [2.05, 4.69) is 99.0 Å². The van der Waals surface area contributed by atoms with Crippen molar-refractivity contribution in [1.82, 2.24) is 5.32 Å². The zero-order chi connectivity index (χ0) is 46.7. The average Bonchev–Trinajstić information content (AvgIpc) is 3.29. The van der Waals surface area contributed by atoms with Crippen molar-refractivity contribution in [2.45, 2.75) is 277 Å². The Morgan fingerprint density at radius 3 is 1.42 bits per heavy atom. The van der Waals surface area contributed by atoms with Gasteiger partial charge in [0, 0.05) is 6.42 Å². The van der Waals surface area contributed by atoms with E-state index in [9.17, 15) is 19.8 Å². The Kier molecular flexibility index (Phi) is 49.1. The van der Waals surface area contributed by atoms with E-state index in [1.54, 1.807) is 0 Å². The fourth-order valence-corrected chi connectivity index (χ4v) is 7.98. The largest absolute Gasteiger partial charge is 0.462 e. The molecule has 6 nitrogen and oxygen atoms in total. The molecule has 0 aliphatic heterocycles. The first-order valence-corrected chi connectivity index (χ1v) is 27.2. The second-order valence-electron chi connectivity index (χ2n) is 18.3. The predicted octanol–water partition coefficient (Wildman–Crippen LogP) is 16.6. The average molecular weight is 894 g/mol. The third kappa shape index (κ3) is 45.9. The van der Waals surface area contributed by atoms with Gasteiger partial charge in [-0.3, -0.25) is 9.59 Å². The van der Waals surface area contributed by atoms with Crippen LogP contribution in [-0.2, 0) is 14.3 Å². The lowest BCUT2D eigenvalue weighted by molar-refractivity contribution is -0.151. The molecule has 0 fully saturated rings. The summed E-state index contributed by atoms with van der Waals surface area (Å²) in [7, 11) is 0. The number of hydrogen-bond donors (Lipinski definition) is 3. The molecule has 0 radical (unpaired) electrons. The van der Waals surface area contributed by atoms with Crippen molar-refractivity contribution in [3.8, 4) is 0 Å². The van der Waals surface area contributed by atoms with E-state index < -0.39 is 18.2 Å². The standard InChI is InChI=1S/C58H103NO5/c1-4-7-10-13-16-19-22-25-27-28-29-31-33-36-39-42-45-48-51-58(63)64-54(49-46-43-40-37-34-24-21-18-15-12-9-6-3)52-57(62)59-55(53-60)56(61)50-47-44-41-38-35-32-30-26-23-20-17-14-11-8-5-2/h9,12,18,21-22,25,27-29,31,34,37,54-56,60-61H,4-8,10-11,13-17,19-20,23-24,26,30,32-33,35-36,38-53H2,1-3H3,(H,59,62)/b12-9+,21-18+,25-22+,28-27+,31-29+,37-34+. The summed E-state index contributed by atoms with van der Waals surface area (Å²) in [6, 6.07) is -0.721. The van der Waals surface area contributed by atoms with Crippen molar-refractivity contribution in [3.63, 3.8) is 0 Å². The Labute approximate surface area is 396 Å². The molecular weight excluding hydrogens is 791 g/mol. The van der Waals surface area contributed by atoms with Crippen LogP contribution in [-0.4, -0.2) is 46.9 Å². The van der Waals surface area contributed by atoms with Gasteiger partial charge in [0.05, 0.1) is 25.2 Å². The van der Waals surface area contributed by atoms with Crippen molar-refractivity contribution in [3.05, 3.63) is 72.9 Å². The lowest BCUT2D eigenvalue weighted by Crippen LogP contribution is -2.46. The van der Waals surface area contributed by atoms with E-state index in [0.717, 1.165) is 96.3 Å². The van der Waals surface area contributed by atoms with Crippen molar-refractivity contribution < 1.29 is 24.5 Å². The predicted molar refractivity (Wildman–Crippen MR) is 278 cm³/mol. The molecule has 0 saturated heterocycles. The van der Waals surface area contributed by atoms with Crippen molar-refractivity contribution in [1.29, 1.82) is 0 Å². The number of unbranched alkanes of at least 4 members (excludes halogenated alkanes) is 26. The maximum Gasteiger partial charge on any atom is 0.306 e. The Balaban J connectivity index is 4.60. The van der Waals surface area contributed by atoms with Gasteiger partial charge in [-0.15, -0.1) is 0 Å². The van der Waals surface area contributed by atoms with Crippen LogP contribution < -0.4 is 5.32 Å². The van der Waals surface area contributed by atoms with Gasteiger partial charge < -0.3 is 20.3 Å². The van der Waals surface area contributed by atoms with E-state index in [0.29, 0.717) is 19.3 Å². The number of hydrogen-bond acceptors (Lipinski definition) is 5. The van der Waals surface area contributed by atoms with Crippen LogP contribution in [0.3, 0.4) is 0 Å². The highest BCUT2D eigenvalue weighted by molar-refractivity contribution is 5.77. The van der Waals surface area contributed by atoms with E-state index in [-0.39, 0.29) is 24.9 Å².